The maximum Gasteiger partial charge on any atom is 0.255 e. The molecule has 0 fully saturated rings. The number of hydrogen-bond donors (Lipinski definition) is 1. The molecular weight excluding hydrogens is 366 g/mol. The number of hydrogen-bond acceptors (Lipinski definition) is 2. The van der Waals surface area contributed by atoms with Crippen molar-refractivity contribution in [2.45, 2.75) is 0 Å². The highest BCUT2D eigenvalue weighted by atomic mass is 79.9. The Bertz CT molecular complexity index is 891. The SMILES string of the molecule is O=C(Nc1ccccc1C(=O)c1ccccc1)c1cccc(Br)c1. The van der Waals surface area contributed by atoms with Crippen molar-refractivity contribution in [2.75, 3.05) is 5.32 Å². The van der Waals surface area contributed by atoms with Gasteiger partial charge in [-0.2, -0.15) is 0 Å². The van der Waals surface area contributed by atoms with Crippen molar-refractivity contribution in [1.29, 1.82) is 0 Å². The summed E-state index contributed by atoms with van der Waals surface area (Å²) in [6.07, 6.45) is 0. The molecule has 3 nitrogen and oxygen atoms in total. The summed E-state index contributed by atoms with van der Waals surface area (Å²) in [6, 6.07) is 23.1. The zero-order valence-electron chi connectivity index (χ0n) is 12.7. The van der Waals surface area contributed by atoms with Crippen LogP contribution in [-0.2, 0) is 0 Å². The van der Waals surface area contributed by atoms with Gasteiger partial charge in [-0.05, 0) is 30.3 Å². The third-order valence-electron chi connectivity index (χ3n) is 3.54. The van der Waals surface area contributed by atoms with E-state index < -0.39 is 0 Å². The van der Waals surface area contributed by atoms with Crippen molar-refractivity contribution in [3.63, 3.8) is 0 Å². The van der Waals surface area contributed by atoms with Crippen LogP contribution in [0.15, 0.2) is 83.3 Å². The number of nitrogens with one attached hydrogen (secondary N) is 1. The van der Waals surface area contributed by atoms with E-state index in [9.17, 15) is 9.59 Å². The Morgan fingerprint density at radius 1 is 0.750 bits per heavy atom. The Balaban J connectivity index is 1.90. The molecular formula is C20H14BrNO2. The van der Waals surface area contributed by atoms with Gasteiger partial charge >= 0.3 is 0 Å². The van der Waals surface area contributed by atoms with Crippen molar-refractivity contribution in [3.05, 3.63) is 100 Å². The summed E-state index contributed by atoms with van der Waals surface area (Å²) in [5, 5.41) is 2.82. The van der Waals surface area contributed by atoms with E-state index in [4.69, 9.17) is 0 Å². The molecule has 24 heavy (non-hydrogen) atoms. The second-order valence-electron chi connectivity index (χ2n) is 5.21. The van der Waals surface area contributed by atoms with Crippen LogP contribution in [0.4, 0.5) is 5.69 Å². The highest BCUT2D eigenvalue weighted by Crippen LogP contribution is 2.21. The third-order valence-corrected chi connectivity index (χ3v) is 4.04. The van der Waals surface area contributed by atoms with E-state index >= 15 is 0 Å². The van der Waals surface area contributed by atoms with Crippen LogP contribution in [-0.4, -0.2) is 11.7 Å². The first-order valence-electron chi connectivity index (χ1n) is 7.41. The lowest BCUT2D eigenvalue weighted by molar-refractivity contribution is 0.102. The first-order valence-corrected chi connectivity index (χ1v) is 8.20. The second kappa shape index (κ2) is 7.23. The lowest BCUT2D eigenvalue weighted by Crippen LogP contribution is -2.15. The van der Waals surface area contributed by atoms with E-state index in [0.717, 1.165) is 4.47 Å². The van der Waals surface area contributed by atoms with Crippen LogP contribution in [0, 0.1) is 0 Å². The highest BCUT2D eigenvalue weighted by Gasteiger charge is 2.15. The van der Waals surface area contributed by atoms with Crippen molar-refractivity contribution in [3.8, 4) is 0 Å². The minimum atomic E-state index is -0.260. The van der Waals surface area contributed by atoms with Crippen molar-refractivity contribution < 1.29 is 9.59 Å². The lowest BCUT2D eigenvalue weighted by Gasteiger charge is -2.10. The zero-order chi connectivity index (χ0) is 16.9. The molecule has 0 unspecified atom stereocenters. The van der Waals surface area contributed by atoms with Gasteiger partial charge in [-0.1, -0.05) is 64.5 Å². The monoisotopic (exact) mass is 379 g/mol. The molecule has 118 valence electrons. The maximum atomic E-state index is 12.7. The summed E-state index contributed by atoms with van der Waals surface area (Å²) >= 11 is 3.35. The Kier molecular flexibility index (Phi) is 4.87. The number of amides is 1. The predicted octanol–water partition coefficient (Wildman–Crippen LogP) is 4.93. The molecule has 3 rings (SSSR count). The molecule has 3 aromatic rings. The number of anilines is 1. The number of rotatable bonds is 4. The average molecular weight is 380 g/mol. The van der Waals surface area contributed by atoms with Gasteiger partial charge in [0.1, 0.15) is 0 Å². The van der Waals surface area contributed by atoms with Crippen LogP contribution in [0.3, 0.4) is 0 Å². The van der Waals surface area contributed by atoms with Gasteiger partial charge < -0.3 is 5.32 Å². The quantitative estimate of drug-likeness (QED) is 0.653. The second-order valence-corrected chi connectivity index (χ2v) is 6.12. The van der Waals surface area contributed by atoms with E-state index in [1.165, 1.54) is 0 Å². The third kappa shape index (κ3) is 3.60. The Labute approximate surface area is 148 Å². The van der Waals surface area contributed by atoms with Gasteiger partial charge in [-0.15, -0.1) is 0 Å². The van der Waals surface area contributed by atoms with Gasteiger partial charge in [0.2, 0.25) is 0 Å². The molecule has 0 aliphatic rings. The Morgan fingerprint density at radius 3 is 2.17 bits per heavy atom. The normalized spacial score (nSPS) is 10.2. The highest BCUT2D eigenvalue weighted by molar-refractivity contribution is 9.10. The van der Waals surface area contributed by atoms with Crippen LogP contribution in [0.25, 0.3) is 0 Å². The van der Waals surface area contributed by atoms with Crippen molar-refractivity contribution in [2.24, 2.45) is 0 Å². The summed E-state index contributed by atoms with van der Waals surface area (Å²) in [7, 11) is 0. The predicted molar refractivity (Wildman–Crippen MR) is 98.4 cm³/mol. The molecule has 0 saturated carbocycles. The van der Waals surface area contributed by atoms with Crippen LogP contribution in [0.1, 0.15) is 26.3 Å². The number of halogens is 1. The fraction of sp³-hybridized carbons (Fsp3) is 0. The van der Waals surface area contributed by atoms with Gasteiger partial charge in [-0.25, -0.2) is 0 Å². The van der Waals surface area contributed by atoms with Gasteiger partial charge in [-0.3, -0.25) is 9.59 Å². The standard InChI is InChI=1S/C20H14BrNO2/c21-16-10-6-9-15(13-16)20(24)22-18-12-5-4-11-17(18)19(23)14-7-2-1-3-8-14/h1-13H,(H,22,24). The average Bonchev–Trinajstić information content (AvgIpc) is 2.62. The van der Waals surface area contributed by atoms with E-state index in [1.54, 1.807) is 54.6 Å². The molecule has 0 aliphatic carbocycles. The van der Waals surface area contributed by atoms with Gasteiger partial charge in [0.15, 0.2) is 5.78 Å². The summed E-state index contributed by atoms with van der Waals surface area (Å²) in [6.45, 7) is 0. The summed E-state index contributed by atoms with van der Waals surface area (Å²) in [4.78, 5) is 25.1. The fourth-order valence-electron chi connectivity index (χ4n) is 2.36. The zero-order valence-corrected chi connectivity index (χ0v) is 14.3. The number of benzene rings is 3. The van der Waals surface area contributed by atoms with Crippen LogP contribution in [0.5, 0.6) is 0 Å². The van der Waals surface area contributed by atoms with Crippen molar-refractivity contribution in [1.82, 2.24) is 0 Å². The lowest BCUT2D eigenvalue weighted by atomic mass is 10.0. The van der Waals surface area contributed by atoms with Crippen LogP contribution in [0.2, 0.25) is 0 Å². The van der Waals surface area contributed by atoms with E-state index in [2.05, 4.69) is 21.2 Å². The molecule has 0 bridgehead atoms. The molecule has 4 heteroatoms. The van der Waals surface area contributed by atoms with E-state index in [1.807, 2.05) is 24.3 Å². The number of para-hydroxylation sites is 1. The van der Waals surface area contributed by atoms with E-state index in [0.29, 0.717) is 22.4 Å². The van der Waals surface area contributed by atoms with Gasteiger partial charge in [0.05, 0.1) is 5.69 Å². The Hall–Kier alpha value is -2.72. The molecule has 0 radical (unpaired) electrons. The molecule has 0 heterocycles. The first kappa shape index (κ1) is 16.1. The van der Waals surface area contributed by atoms with Crippen LogP contribution >= 0.6 is 15.9 Å². The largest absolute Gasteiger partial charge is 0.321 e. The molecule has 0 saturated heterocycles. The summed E-state index contributed by atoms with van der Waals surface area (Å²) < 4.78 is 0.823. The number of carbonyl (C=O) groups is 2. The molecule has 0 spiro atoms. The molecule has 1 N–H and O–H groups in total. The minimum absolute atomic E-state index is 0.124. The molecule has 1 amide bonds. The van der Waals surface area contributed by atoms with Gasteiger partial charge in [0.25, 0.3) is 5.91 Å². The fourth-order valence-corrected chi connectivity index (χ4v) is 2.76. The summed E-state index contributed by atoms with van der Waals surface area (Å²) in [5.74, 6) is -0.384. The minimum Gasteiger partial charge on any atom is -0.321 e. The smallest absolute Gasteiger partial charge is 0.255 e. The topological polar surface area (TPSA) is 46.2 Å². The van der Waals surface area contributed by atoms with Crippen LogP contribution < -0.4 is 5.32 Å². The molecule has 3 aromatic carbocycles. The van der Waals surface area contributed by atoms with E-state index in [-0.39, 0.29) is 11.7 Å². The van der Waals surface area contributed by atoms with Gasteiger partial charge in [0, 0.05) is 21.2 Å². The molecule has 0 aliphatic heterocycles. The van der Waals surface area contributed by atoms with Crippen molar-refractivity contribution >= 4 is 33.3 Å². The summed E-state index contributed by atoms with van der Waals surface area (Å²) in [5.41, 5.74) is 2.07. The molecule has 0 aromatic heterocycles. The number of carbonyl (C=O) groups excluding carboxylic acids is 2. The maximum absolute atomic E-state index is 12.7. The first-order chi connectivity index (χ1) is 11.6. The number of ketones is 1. The molecule has 0 atom stereocenters. The Morgan fingerprint density at radius 2 is 1.42 bits per heavy atom.